The Labute approximate surface area is 124 Å². The number of esters is 1. The third-order valence-electron chi connectivity index (χ3n) is 2.88. The van der Waals surface area contributed by atoms with E-state index in [4.69, 9.17) is 16.3 Å². The quantitative estimate of drug-likeness (QED) is 0.589. The highest BCUT2D eigenvalue weighted by atomic mass is 35.5. The van der Waals surface area contributed by atoms with Crippen molar-refractivity contribution >= 4 is 28.5 Å². The predicted molar refractivity (Wildman–Crippen MR) is 75.9 cm³/mol. The zero-order chi connectivity index (χ0) is 14.8. The number of carbonyl (C=O) groups excluding carboxylic acids is 1. The van der Waals surface area contributed by atoms with Gasteiger partial charge in [0.05, 0.1) is 12.1 Å². The standard InChI is InChI=1S/C13H10ClN5O2/c1-2-21-13(20)11-10(17-19-18-11)7-3-4-9-8(5-7)12(14)16-6-15-9/h3-6H,2H2,1H3,(H,17,18,19). The fraction of sp³-hybridized carbons (Fsp3) is 0.154. The zero-order valence-electron chi connectivity index (χ0n) is 11.0. The summed E-state index contributed by atoms with van der Waals surface area (Å²) in [5.74, 6) is -0.531. The Morgan fingerprint density at radius 3 is 3.00 bits per heavy atom. The molecule has 2 aromatic heterocycles. The molecule has 7 nitrogen and oxygen atoms in total. The summed E-state index contributed by atoms with van der Waals surface area (Å²) in [6.45, 7) is 1.99. The zero-order valence-corrected chi connectivity index (χ0v) is 11.8. The maximum absolute atomic E-state index is 11.8. The summed E-state index contributed by atoms with van der Waals surface area (Å²) in [7, 11) is 0. The average molecular weight is 304 g/mol. The first-order valence-electron chi connectivity index (χ1n) is 6.19. The van der Waals surface area contributed by atoms with E-state index in [9.17, 15) is 4.79 Å². The van der Waals surface area contributed by atoms with Crippen LogP contribution in [0.3, 0.4) is 0 Å². The van der Waals surface area contributed by atoms with Crippen molar-refractivity contribution in [3.8, 4) is 11.3 Å². The number of rotatable bonds is 3. The largest absolute Gasteiger partial charge is 0.461 e. The van der Waals surface area contributed by atoms with Crippen LogP contribution >= 0.6 is 11.6 Å². The minimum absolute atomic E-state index is 0.129. The number of ether oxygens (including phenoxy) is 1. The van der Waals surface area contributed by atoms with Gasteiger partial charge in [0, 0.05) is 10.9 Å². The maximum atomic E-state index is 11.8. The van der Waals surface area contributed by atoms with Gasteiger partial charge in [0.2, 0.25) is 0 Å². The fourth-order valence-corrected chi connectivity index (χ4v) is 2.14. The first kappa shape index (κ1) is 13.4. The van der Waals surface area contributed by atoms with Crippen molar-refractivity contribution in [1.29, 1.82) is 0 Å². The molecular formula is C13H10ClN5O2. The van der Waals surface area contributed by atoms with Gasteiger partial charge >= 0.3 is 5.97 Å². The number of fused-ring (bicyclic) bond motifs is 1. The third kappa shape index (κ3) is 2.43. The lowest BCUT2D eigenvalue weighted by Gasteiger charge is -2.03. The van der Waals surface area contributed by atoms with Gasteiger partial charge < -0.3 is 4.74 Å². The molecule has 3 aromatic rings. The highest BCUT2D eigenvalue weighted by molar-refractivity contribution is 6.34. The number of nitrogens with one attached hydrogen (secondary N) is 1. The number of benzene rings is 1. The Morgan fingerprint density at radius 2 is 2.19 bits per heavy atom. The molecule has 2 heterocycles. The van der Waals surface area contributed by atoms with E-state index >= 15 is 0 Å². The molecule has 3 rings (SSSR count). The summed E-state index contributed by atoms with van der Waals surface area (Å²) in [5.41, 5.74) is 1.91. The van der Waals surface area contributed by atoms with E-state index in [0.29, 0.717) is 27.3 Å². The van der Waals surface area contributed by atoms with Crippen LogP contribution in [-0.2, 0) is 4.74 Å². The second-order valence-electron chi connectivity index (χ2n) is 4.14. The molecule has 1 aromatic carbocycles. The van der Waals surface area contributed by atoms with Gasteiger partial charge in [0.25, 0.3) is 0 Å². The van der Waals surface area contributed by atoms with E-state index < -0.39 is 5.97 Å². The maximum Gasteiger partial charge on any atom is 0.361 e. The molecule has 0 aliphatic heterocycles. The van der Waals surface area contributed by atoms with Gasteiger partial charge in [-0.15, -0.1) is 5.10 Å². The number of nitrogens with zero attached hydrogens (tertiary/aromatic N) is 4. The number of hydrogen-bond donors (Lipinski definition) is 1. The minimum atomic E-state index is -0.531. The molecule has 0 atom stereocenters. The van der Waals surface area contributed by atoms with Crippen LogP contribution in [0.2, 0.25) is 5.15 Å². The first-order valence-corrected chi connectivity index (χ1v) is 6.57. The van der Waals surface area contributed by atoms with Crippen LogP contribution in [0.5, 0.6) is 0 Å². The van der Waals surface area contributed by atoms with Gasteiger partial charge in [-0.3, -0.25) is 0 Å². The summed E-state index contributed by atoms with van der Waals surface area (Å²) < 4.78 is 4.95. The van der Waals surface area contributed by atoms with Crippen LogP contribution < -0.4 is 0 Å². The number of halogens is 1. The number of hydrogen-bond acceptors (Lipinski definition) is 6. The summed E-state index contributed by atoms with van der Waals surface area (Å²) in [6.07, 6.45) is 1.39. The minimum Gasteiger partial charge on any atom is -0.461 e. The summed E-state index contributed by atoms with van der Waals surface area (Å²) in [6, 6.07) is 5.33. The Balaban J connectivity index is 2.11. The monoisotopic (exact) mass is 303 g/mol. The van der Waals surface area contributed by atoms with Crippen LogP contribution in [0.15, 0.2) is 24.5 Å². The molecule has 0 radical (unpaired) electrons. The molecular weight excluding hydrogens is 294 g/mol. The van der Waals surface area contributed by atoms with Crippen molar-refractivity contribution in [2.24, 2.45) is 0 Å². The van der Waals surface area contributed by atoms with Gasteiger partial charge in [0.15, 0.2) is 5.69 Å². The molecule has 8 heteroatoms. The summed E-state index contributed by atoms with van der Waals surface area (Å²) in [5, 5.41) is 11.3. The highest BCUT2D eigenvalue weighted by Gasteiger charge is 2.19. The Morgan fingerprint density at radius 1 is 1.33 bits per heavy atom. The molecule has 0 aliphatic carbocycles. The molecule has 0 fully saturated rings. The van der Waals surface area contributed by atoms with Gasteiger partial charge in [-0.1, -0.05) is 17.7 Å². The molecule has 106 valence electrons. The van der Waals surface area contributed by atoms with Crippen molar-refractivity contribution in [2.75, 3.05) is 6.61 Å². The lowest BCUT2D eigenvalue weighted by Crippen LogP contribution is -2.06. The van der Waals surface area contributed by atoms with E-state index in [0.717, 1.165) is 0 Å². The van der Waals surface area contributed by atoms with Gasteiger partial charge in [0.1, 0.15) is 17.2 Å². The van der Waals surface area contributed by atoms with Gasteiger partial charge in [-0.05, 0) is 19.1 Å². The van der Waals surface area contributed by atoms with Crippen molar-refractivity contribution in [3.63, 3.8) is 0 Å². The SMILES string of the molecule is CCOC(=O)c1n[nH]nc1-c1ccc2ncnc(Cl)c2c1. The summed E-state index contributed by atoms with van der Waals surface area (Å²) >= 11 is 6.06. The average Bonchev–Trinajstić information content (AvgIpc) is 2.97. The summed E-state index contributed by atoms with van der Waals surface area (Å²) in [4.78, 5) is 19.9. The lowest BCUT2D eigenvalue weighted by molar-refractivity contribution is 0.0520. The van der Waals surface area contributed by atoms with E-state index in [1.165, 1.54) is 6.33 Å². The Hall–Kier alpha value is -2.54. The van der Waals surface area contributed by atoms with Crippen LogP contribution in [0.25, 0.3) is 22.2 Å². The van der Waals surface area contributed by atoms with Crippen molar-refractivity contribution in [3.05, 3.63) is 35.4 Å². The smallest absolute Gasteiger partial charge is 0.361 e. The molecule has 0 bridgehead atoms. The second kappa shape index (κ2) is 5.45. The van der Waals surface area contributed by atoms with Crippen LogP contribution in [0, 0.1) is 0 Å². The Bertz CT molecular complexity index is 817. The topological polar surface area (TPSA) is 93.7 Å². The first-order chi connectivity index (χ1) is 10.2. The van der Waals surface area contributed by atoms with E-state index in [1.54, 1.807) is 25.1 Å². The lowest BCUT2D eigenvalue weighted by atomic mass is 10.1. The third-order valence-corrected chi connectivity index (χ3v) is 3.18. The molecule has 0 saturated heterocycles. The molecule has 0 unspecified atom stereocenters. The van der Waals surface area contributed by atoms with Gasteiger partial charge in [-0.2, -0.15) is 10.3 Å². The van der Waals surface area contributed by atoms with Crippen LogP contribution in [0.4, 0.5) is 0 Å². The highest BCUT2D eigenvalue weighted by Crippen LogP contribution is 2.27. The number of H-pyrrole nitrogens is 1. The molecule has 0 spiro atoms. The normalized spacial score (nSPS) is 10.8. The van der Waals surface area contributed by atoms with E-state index in [2.05, 4.69) is 25.4 Å². The predicted octanol–water partition coefficient (Wildman–Crippen LogP) is 2.25. The molecule has 21 heavy (non-hydrogen) atoms. The molecule has 1 N–H and O–H groups in total. The number of aromatic amines is 1. The number of carbonyl (C=O) groups is 1. The fourth-order valence-electron chi connectivity index (χ4n) is 1.95. The molecule has 0 saturated carbocycles. The number of aromatic nitrogens is 5. The Kier molecular flexibility index (Phi) is 3.49. The van der Waals surface area contributed by atoms with E-state index in [-0.39, 0.29) is 12.3 Å². The van der Waals surface area contributed by atoms with Crippen LogP contribution in [0.1, 0.15) is 17.4 Å². The van der Waals surface area contributed by atoms with E-state index in [1.807, 2.05) is 0 Å². The van der Waals surface area contributed by atoms with Crippen LogP contribution in [-0.4, -0.2) is 38.0 Å². The van der Waals surface area contributed by atoms with Gasteiger partial charge in [-0.25, -0.2) is 14.8 Å². The van der Waals surface area contributed by atoms with Crippen molar-refractivity contribution < 1.29 is 9.53 Å². The molecule has 0 amide bonds. The second-order valence-corrected chi connectivity index (χ2v) is 4.50. The molecule has 0 aliphatic rings. The van der Waals surface area contributed by atoms with Crippen molar-refractivity contribution in [1.82, 2.24) is 25.4 Å². The van der Waals surface area contributed by atoms with Crippen molar-refractivity contribution in [2.45, 2.75) is 6.92 Å².